The highest BCUT2D eigenvalue weighted by Gasteiger charge is 2.29. The quantitative estimate of drug-likeness (QED) is 0.718. The largest absolute Gasteiger partial charge is 0.358 e. The molecule has 1 heterocycles. The number of hydrogen-bond acceptors (Lipinski definition) is 4. The number of halogens is 1. The van der Waals surface area contributed by atoms with Crippen LogP contribution >= 0.6 is 0 Å². The first kappa shape index (κ1) is 15.4. The first-order valence-corrected chi connectivity index (χ1v) is 6.82. The van der Waals surface area contributed by atoms with Crippen molar-refractivity contribution in [3.8, 4) is 0 Å². The first-order valence-electron chi connectivity index (χ1n) is 6.82. The van der Waals surface area contributed by atoms with Gasteiger partial charge in [-0.05, 0) is 12.1 Å². The van der Waals surface area contributed by atoms with E-state index in [0.29, 0.717) is 19.6 Å². The Balaban J connectivity index is 1.97. The minimum atomic E-state index is -0.478. The van der Waals surface area contributed by atoms with Gasteiger partial charge in [-0.25, -0.2) is 4.39 Å². The summed E-state index contributed by atoms with van der Waals surface area (Å²) < 4.78 is 13.5. The van der Waals surface area contributed by atoms with Crippen LogP contribution in [0.5, 0.6) is 0 Å². The lowest BCUT2D eigenvalue weighted by Gasteiger charge is -2.34. The van der Waals surface area contributed by atoms with Crippen LogP contribution in [0.4, 0.5) is 10.1 Å². The van der Waals surface area contributed by atoms with Gasteiger partial charge in [0.25, 0.3) is 0 Å². The Labute approximate surface area is 122 Å². The van der Waals surface area contributed by atoms with E-state index in [-0.39, 0.29) is 24.0 Å². The van der Waals surface area contributed by atoms with Crippen molar-refractivity contribution < 1.29 is 14.0 Å². The zero-order valence-corrected chi connectivity index (χ0v) is 11.9. The molecule has 2 rings (SSSR count). The van der Waals surface area contributed by atoms with Gasteiger partial charge >= 0.3 is 0 Å². The monoisotopic (exact) mass is 294 g/mol. The molecular weight excluding hydrogens is 275 g/mol. The minimum absolute atomic E-state index is 0.0497. The van der Waals surface area contributed by atoms with Gasteiger partial charge in [0.05, 0.1) is 12.2 Å². The van der Waals surface area contributed by atoms with Crippen molar-refractivity contribution in [2.45, 2.75) is 6.04 Å². The van der Waals surface area contributed by atoms with Crippen LogP contribution in [0.1, 0.15) is 0 Å². The Morgan fingerprint density at radius 3 is 2.90 bits per heavy atom. The number of carbonyl (C=O) groups is 2. The number of amides is 2. The summed E-state index contributed by atoms with van der Waals surface area (Å²) in [5.74, 6) is -0.953. The molecule has 1 aliphatic heterocycles. The molecule has 1 aromatic carbocycles. The fourth-order valence-corrected chi connectivity index (χ4v) is 2.30. The van der Waals surface area contributed by atoms with Crippen molar-refractivity contribution in [1.82, 2.24) is 15.5 Å². The zero-order valence-electron chi connectivity index (χ0n) is 11.9. The first-order chi connectivity index (χ1) is 10.1. The second-order valence-corrected chi connectivity index (χ2v) is 4.83. The van der Waals surface area contributed by atoms with Gasteiger partial charge in [0, 0.05) is 26.7 Å². The molecule has 0 aromatic heterocycles. The third-order valence-corrected chi connectivity index (χ3v) is 3.40. The minimum Gasteiger partial charge on any atom is -0.358 e. The standard InChI is InChI=1S/C14H19FN4O2/c1-16-14(21)12-8-17-6-7-19(12)9-13(20)18-11-5-3-2-4-10(11)15/h2-5,12,17H,6-9H2,1H3,(H,16,21)(H,18,20). The number of nitrogens with one attached hydrogen (secondary N) is 3. The molecule has 1 fully saturated rings. The lowest BCUT2D eigenvalue weighted by atomic mass is 10.1. The molecule has 6 nitrogen and oxygen atoms in total. The van der Waals surface area contributed by atoms with Gasteiger partial charge in [-0.2, -0.15) is 0 Å². The Kier molecular flexibility index (Phi) is 5.24. The van der Waals surface area contributed by atoms with Gasteiger partial charge in [0.2, 0.25) is 11.8 Å². The van der Waals surface area contributed by atoms with E-state index < -0.39 is 11.9 Å². The molecule has 0 aliphatic carbocycles. The van der Waals surface area contributed by atoms with Crippen LogP contribution in [-0.2, 0) is 9.59 Å². The maximum atomic E-state index is 13.5. The number of para-hydroxylation sites is 1. The summed E-state index contributed by atoms with van der Waals surface area (Å²) in [6.07, 6.45) is 0. The highest BCUT2D eigenvalue weighted by atomic mass is 19.1. The van der Waals surface area contributed by atoms with Crippen molar-refractivity contribution in [2.75, 3.05) is 38.5 Å². The molecule has 1 saturated heterocycles. The van der Waals surface area contributed by atoms with Gasteiger partial charge in [-0.3, -0.25) is 14.5 Å². The van der Waals surface area contributed by atoms with E-state index >= 15 is 0 Å². The van der Waals surface area contributed by atoms with E-state index in [2.05, 4.69) is 16.0 Å². The van der Waals surface area contributed by atoms with Crippen molar-refractivity contribution in [1.29, 1.82) is 0 Å². The molecule has 3 N–H and O–H groups in total. The maximum Gasteiger partial charge on any atom is 0.238 e. The number of piperazine rings is 1. The number of rotatable bonds is 4. The SMILES string of the molecule is CNC(=O)C1CNCCN1CC(=O)Nc1ccccc1F. The fourth-order valence-electron chi connectivity index (χ4n) is 2.30. The number of anilines is 1. The van der Waals surface area contributed by atoms with Gasteiger partial charge in [-0.1, -0.05) is 12.1 Å². The molecule has 1 aromatic rings. The number of likely N-dealkylation sites (N-methyl/N-ethyl adjacent to an activating group) is 1. The molecule has 0 saturated carbocycles. The highest BCUT2D eigenvalue weighted by Crippen LogP contribution is 2.12. The summed E-state index contributed by atoms with van der Waals surface area (Å²) in [6, 6.07) is 5.60. The lowest BCUT2D eigenvalue weighted by molar-refractivity contribution is -0.128. The van der Waals surface area contributed by atoms with E-state index in [9.17, 15) is 14.0 Å². The number of nitrogens with zero attached hydrogens (tertiary/aromatic N) is 1. The molecule has 7 heteroatoms. The molecule has 0 radical (unpaired) electrons. The van der Waals surface area contributed by atoms with Gasteiger partial charge in [0.1, 0.15) is 11.9 Å². The zero-order chi connectivity index (χ0) is 15.2. The maximum absolute atomic E-state index is 13.5. The van der Waals surface area contributed by atoms with Crippen molar-refractivity contribution in [3.05, 3.63) is 30.1 Å². The van der Waals surface area contributed by atoms with Crippen molar-refractivity contribution in [3.63, 3.8) is 0 Å². The molecule has 1 unspecified atom stereocenters. The van der Waals surface area contributed by atoms with Gasteiger partial charge < -0.3 is 16.0 Å². The predicted octanol–water partition coefficient (Wildman–Crippen LogP) is -0.216. The summed E-state index contributed by atoms with van der Waals surface area (Å²) in [6.45, 7) is 1.84. The normalized spacial score (nSPS) is 19.0. The molecule has 0 spiro atoms. The lowest BCUT2D eigenvalue weighted by Crippen LogP contribution is -2.58. The molecule has 114 valence electrons. The van der Waals surface area contributed by atoms with E-state index in [1.54, 1.807) is 24.1 Å². The van der Waals surface area contributed by atoms with Crippen LogP contribution in [0.3, 0.4) is 0 Å². The second kappa shape index (κ2) is 7.14. The predicted molar refractivity (Wildman–Crippen MR) is 77.3 cm³/mol. The Hall–Kier alpha value is -1.99. The van der Waals surface area contributed by atoms with E-state index in [4.69, 9.17) is 0 Å². The van der Waals surface area contributed by atoms with Gasteiger partial charge in [-0.15, -0.1) is 0 Å². The van der Waals surface area contributed by atoms with Gasteiger partial charge in [0.15, 0.2) is 0 Å². The molecular formula is C14H19FN4O2. The Morgan fingerprint density at radius 2 is 2.19 bits per heavy atom. The van der Waals surface area contributed by atoms with E-state index in [0.717, 1.165) is 0 Å². The average molecular weight is 294 g/mol. The van der Waals surface area contributed by atoms with Crippen LogP contribution in [0.2, 0.25) is 0 Å². The summed E-state index contributed by atoms with van der Waals surface area (Å²) in [5.41, 5.74) is 0.147. The van der Waals surface area contributed by atoms with Crippen molar-refractivity contribution >= 4 is 17.5 Å². The smallest absolute Gasteiger partial charge is 0.238 e. The Morgan fingerprint density at radius 1 is 1.43 bits per heavy atom. The molecule has 21 heavy (non-hydrogen) atoms. The average Bonchev–Trinajstić information content (AvgIpc) is 2.49. The molecule has 1 atom stereocenters. The van der Waals surface area contributed by atoms with E-state index in [1.807, 2.05) is 0 Å². The highest BCUT2D eigenvalue weighted by molar-refractivity contribution is 5.93. The van der Waals surface area contributed by atoms with Crippen LogP contribution in [0.25, 0.3) is 0 Å². The third-order valence-electron chi connectivity index (χ3n) is 3.40. The van der Waals surface area contributed by atoms with Crippen LogP contribution < -0.4 is 16.0 Å². The van der Waals surface area contributed by atoms with Crippen molar-refractivity contribution in [2.24, 2.45) is 0 Å². The number of hydrogen-bond donors (Lipinski definition) is 3. The second-order valence-electron chi connectivity index (χ2n) is 4.83. The summed E-state index contributed by atoms with van der Waals surface area (Å²) >= 11 is 0. The molecule has 1 aliphatic rings. The Bertz CT molecular complexity index is 523. The van der Waals surface area contributed by atoms with E-state index in [1.165, 1.54) is 12.1 Å². The third kappa shape index (κ3) is 3.99. The summed E-state index contributed by atoms with van der Waals surface area (Å²) in [7, 11) is 1.56. The molecule has 0 bridgehead atoms. The summed E-state index contributed by atoms with van der Waals surface area (Å²) in [5, 5.41) is 8.23. The van der Waals surface area contributed by atoms with Crippen LogP contribution in [0, 0.1) is 5.82 Å². The number of benzene rings is 1. The van der Waals surface area contributed by atoms with Crippen LogP contribution in [-0.4, -0.2) is 56.0 Å². The summed E-state index contributed by atoms with van der Waals surface area (Å²) in [4.78, 5) is 25.6. The number of carbonyl (C=O) groups excluding carboxylic acids is 2. The molecule has 2 amide bonds. The topological polar surface area (TPSA) is 73.5 Å². The van der Waals surface area contributed by atoms with Crippen LogP contribution in [0.15, 0.2) is 24.3 Å². The fraction of sp³-hybridized carbons (Fsp3) is 0.429.